The number of nitrogens with zero attached hydrogens (tertiary/aromatic N) is 2. The van der Waals surface area contributed by atoms with Gasteiger partial charge in [0.15, 0.2) is 0 Å². The number of terminal acetylenes is 1. The van der Waals surface area contributed by atoms with Gasteiger partial charge in [-0.25, -0.2) is 9.97 Å². The molecule has 0 spiro atoms. The average Bonchev–Trinajstić information content (AvgIpc) is 2.08. The molecule has 0 amide bonds. The number of rotatable bonds is 0. The third-order valence-corrected chi connectivity index (χ3v) is 0.924. The Labute approximate surface area is 67.7 Å². The lowest BCUT2D eigenvalue weighted by molar-refractivity contribution is 1.04. The lowest BCUT2D eigenvalue weighted by atomic mass is 10.4. The van der Waals surface area contributed by atoms with Crippen LogP contribution in [-0.2, 0) is 0 Å². The maximum atomic E-state index is 5.08. The van der Waals surface area contributed by atoms with Crippen LogP contribution in [0.3, 0.4) is 0 Å². The van der Waals surface area contributed by atoms with Crippen LogP contribution in [0.4, 0.5) is 0 Å². The first-order chi connectivity index (χ1) is 5.33. The first-order valence-corrected chi connectivity index (χ1v) is 3.59. The van der Waals surface area contributed by atoms with Crippen molar-refractivity contribution in [2.45, 2.75) is 20.8 Å². The van der Waals surface area contributed by atoms with Gasteiger partial charge in [0, 0.05) is 6.20 Å². The quantitative estimate of drug-likeness (QED) is 0.524. The van der Waals surface area contributed by atoms with Crippen molar-refractivity contribution in [2.75, 3.05) is 0 Å². The van der Waals surface area contributed by atoms with Crippen molar-refractivity contribution in [1.29, 1.82) is 0 Å². The molecule has 0 bridgehead atoms. The second kappa shape index (κ2) is 5.43. The van der Waals surface area contributed by atoms with Crippen molar-refractivity contribution in [1.82, 2.24) is 9.97 Å². The predicted molar refractivity (Wildman–Crippen MR) is 46.1 cm³/mol. The van der Waals surface area contributed by atoms with Crippen molar-refractivity contribution < 1.29 is 0 Å². The van der Waals surface area contributed by atoms with Gasteiger partial charge in [-0.15, -0.1) is 6.42 Å². The number of hydrogen-bond acceptors (Lipinski definition) is 2. The molecule has 1 aromatic heterocycles. The highest BCUT2D eigenvalue weighted by atomic mass is 14.9. The van der Waals surface area contributed by atoms with Gasteiger partial charge in [-0.05, 0) is 13.0 Å². The smallest absolute Gasteiger partial charge is 0.126 e. The van der Waals surface area contributed by atoms with Gasteiger partial charge >= 0.3 is 0 Å². The normalized spacial score (nSPS) is 7.45. The molecule has 1 aromatic rings. The second-order valence-corrected chi connectivity index (χ2v) is 1.63. The van der Waals surface area contributed by atoms with Gasteiger partial charge in [0.05, 0.1) is 0 Å². The third-order valence-electron chi connectivity index (χ3n) is 0.924. The Morgan fingerprint density at radius 1 is 1.45 bits per heavy atom. The maximum absolute atomic E-state index is 5.08. The summed E-state index contributed by atoms with van der Waals surface area (Å²) in [4.78, 5) is 7.83. The molecule has 1 rings (SSSR count). The zero-order chi connectivity index (χ0) is 8.69. The summed E-state index contributed by atoms with van der Waals surface area (Å²) in [5.74, 6) is 3.13. The monoisotopic (exact) mass is 148 g/mol. The summed E-state index contributed by atoms with van der Waals surface area (Å²) in [6, 6.07) is 1.70. The van der Waals surface area contributed by atoms with E-state index in [0.717, 1.165) is 0 Å². The van der Waals surface area contributed by atoms with E-state index in [4.69, 9.17) is 6.42 Å². The topological polar surface area (TPSA) is 25.8 Å². The fourth-order valence-corrected chi connectivity index (χ4v) is 0.537. The van der Waals surface area contributed by atoms with Gasteiger partial charge in [-0.2, -0.15) is 0 Å². The highest BCUT2D eigenvalue weighted by Gasteiger charge is 1.86. The van der Waals surface area contributed by atoms with Crippen molar-refractivity contribution in [3.63, 3.8) is 0 Å². The van der Waals surface area contributed by atoms with Gasteiger partial charge in [0.1, 0.15) is 11.5 Å². The van der Waals surface area contributed by atoms with Crippen LogP contribution < -0.4 is 0 Å². The second-order valence-electron chi connectivity index (χ2n) is 1.63. The summed E-state index contributed by atoms with van der Waals surface area (Å²) in [5, 5.41) is 0. The van der Waals surface area contributed by atoms with Gasteiger partial charge in [0.2, 0.25) is 0 Å². The number of aromatic nitrogens is 2. The maximum Gasteiger partial charge on any atom is 0.126 e. The lowest BCUT2D eigenvalue weighted by Gasteiger charge is -1.88. The van der Waals surface area contributed by atoms with Crippen LogP contribution in [0.2, 0.25) is 0 Å². The fourth-order valence-electron chi connectivity index (χ4n) is 0.537. The standard InChI is InChI=1S/C7H6N2.C2H6/c1-3-7-4-5-8-6(2)9-7;1-2/h1,4-5H,2H3;1-2H3. The summed E-state index contributed by atoms with van der Waals surface area (Å²) < 4.78 is 0. The Morgan fingerprint density at radius 3 is 2.45 bits per heavy atom. The minimum absolute atomic E-state index is 0.641. The molecule has 0 N–H and O–H groups in total. The van der Waals surface area contributed by atoms with E-state index < -0.39 is 0 Å². The van der Waals surface area contributed by atoms with Crippen LogP contribution in [0, 0.1) is 19.3 Å². The summed E-state index contributed by atoms with van der Waals surface area (Å²) in [5.41, 5.74) is 0.641. The molecular weight excluding hydrogens is 136 g/mol. The molecule has 1 heterocycles. The summed E-state index contributed by atoms with van der Waals surface area (Å²) in [6.07, 6.45) is 6.73. The van der Waals surface area contributed by atoms with Gasteiger partial charge < -0.3 is 0 Å². The molecule has 0 saturated carbocycles. The molecule has 2 heteroatoms. The van der Waals surface area contributed by atoms with E-state index in [0.29, 0.717) is 11.5 Å². The average molecular weight is 148 g/mol. The SMILES string of the molecule is C#Cc1ccnc(C)n1.CC. The largest absolute Gasteiger partial charge is 0.242 e. The van der Waals surface area contributed by atoms with E-state index in [1.54, 1.807) is 19.2 Å². The highest BCUT2D eigenvalue weighted by molar-refractivity contribution is 5.22. The van der Waals surface area contributed by atoms with Crippen molar-refractivity contribution in [3.8, 4) is 12.3 Å². The first kappa shape index (κ1) is 9.64. The Bertz CT molecular complexity index is 248. The van der Waals surface area contributed by atoms with Gasteiger partial charge in [-0.1, -0.05) is 19.8 Å². The van der Waals surface area contributed by atoms with Crippen molar-refractivity contribution in [3.05, 3.63) is 23.8 Å². The van der Waals surface area contributed by atoms with Gasteiger partial charge in [0.25, 0.3) is 0 Å². The zero-order valence-corrected chi connectivity index (χ0v) is 7.13. The minimum Gasteiger partial charge on any atom is -0.242 e. The molecule has 0 unspecified atom stereocenters. The Morgan fingerprint density at radius 2 is 2.09 bits per heavy atom. The molecule has 0 aliphatic rings. The molecular formula is C9H12N2. The molecule has 11 heavy (non-hydrogen) atoms. The van der Waals surface area contributed by atoms with Crippen LogP contribution >= 0.6 is 0 Å². The van der Waals surface area contributed by atoms with Crippen molar-refractivity contribution >= 4 is 0 Å². The van der Waals surface area contributed by atoms with E-state index in [1.165, 1.54) is 0 Å². The minimum atomic E-state index is 0.641. The summed E-state index contributed by atoms with van der Waals surface area (Å²) in [6.45, 7) is 5.81. The van der Waals surface area contributed by atoms with Gasteiger partial charge in [-0.3, -0.25) is 0 Å². The molecule has 2 nitrogen and oxygen atoms in total. The van der Waals surface area contributed by atoms with Crippen LogP contribution in [0.15, 0.2) is 12.3 Å². The summed E-state index contributed by atoms with van der Waals surface area (Å²) in [7, 11) is 0. The molecule has 58 valence electrons. The van der Waals surface area contributed by atoms with E-state index in [1.807, 2.05) is 13.8 Å². The zero-order valence-electron chi connectivity index (χ0n) is 7.13. The van der Waals surface area contributed by atoms with E-state index in [9.17, 15) is 0 Å². The van der Waals surface area contributed by atoms with Crippen LogP contribution in [0.5, 0.6) is 0 Å². The lowest BCUT2D eigenvalue weighted by Crippen LogP contribution is -1.88. The molecule has 0 aromatic carbocycles. The first-order valence-electron chi connectivity index (χ1n) is 3.59. The van der Waals surface area contributed by atoms with E-state index >= 15 is 0 Å². The molecule has 0 aliphatic heterocycles. The number of hydrogen-bond donors (Lipinski definition) is 0. The third kappa shape index (κ3) is 3.36. The predicted octanol–water partition coefficient (Wildman–Crippen LogP) is 1.79. The Hall–Kier alpha value is -1.36. The van der Waals surface area contributed by atoms with Crippen LogP contribution in [0.1, 0.15) is 25.4 Å². The molecule has 0 radical (unpaired) electrons. The Kier molecular flexibility index (Phi) is 4.76. The fraction of sp³-hybridized carbons (Fsp3) is 0.333. The molecule has 0 atom stereocenters. The van der Waals surface area contributed by atoms with E-state index in [2.05, 4.69) is 15.9 Å². The number of aryl methyl sites for hydroxylation is 1. The van der Waals surface area contributed by atoms with E-state index in [-0.39, 0.29) is 0 Å². The van der Waals surface area contributed by atoms with Crippen molar-refractivity contribution in [2.24, 2.45) is 0 Å². The van der Waals surface area contributed by atoms with Crippen LogP contribution in [-0.4, -0.2) is 9.97 Å². The Balaban J connectivity index is 0.000000461. The summed E-state index contributed by atoms with van der Waals surface area (Å²) >= 11 is 0. The molecule has 0 saturated heterocycles. The highest BCUT2D eigenvalue weighted by Crippen LogP contribution is 1.89. The molecule has 0 aliphatic carbocycles. The van der Waals surface area contributed by atoms with Crippen LogP contribution in [0.25, 0.3) is 0 Å². The molecule has 0 fully saturated rings.